The van der Waals surface area contributed by atoms with Crippen LogP contribution in [0.15, 0.2) is 42.5 Å². The van der Waals surface area contributed by atoms with E-state index < -0.39 is 0 Å². The molecule has 0 saturated carbocycles. The second-order valence-corrected chi connectivity index (χ2v) is 4.15. The van der Waals surface area contributed by atoms with E-state index in [1.54, 1.807) is 13.0 Å². The Balaban J connectivity index is 2.48. The van der Waals surface area contributed by atoms with Crippen LogP contribution in [0.5, 0.6) is 0 Å². The minimum atomic E-state index is -0.151. The number of hydrogen-bond donors (Lipinski definition) is 1. The van der Waals surface area contributed by atoms with Gasteiger partial charge in [0.15, 0.2) is 0 Å². The number of benzene rings is 2. The lowest BCUT2D eigenvalue weighted by atomic mass is 9.98. The predicted molar refractivity (Wildman–Crippen MR) is 69.3 cm³/mol. The van der Waals surface area contributed by atoms with Gasteiger partial charge in [-0.25, -0.2) is 4.39 Å². The van der Waals surface area contributed by atoms with Crippen molar-refractivity contribution in [2.24, 2.45) is 0 Å². The Labute approximate surface area is 101 Å². The van der Waals surface area contributed by atoms with E-state index in [4.69, 9.17) is 0 Å². The van der Waals surface area contributed by atoms with Gasteiger partial charge in [-0.15, -0.1) is 0 Å². The van der Waals surface area contributed by atoms with E-state index in [9.17, 15) is 4.39 Å². The van der Waals surface area contributed by atoms with Crippen LogP contribution in [0.1, 0.15) is 11.1 Å². The normalized spacial score (nSPS) is 10.5. The molecule has 17 heavy (non-hydrogen) atoms. The molecule has 2 heteroatoms. The minimum Gasteiger partial charge on any atom is -0.316 e. The molecule has 0 aliphatic carbocycles. The number of hydrogen-bond acceptors (Lipinski definition) is 1. The Kier molecular flexibility index (Phi) is 3.55. The average molecular weight is 229 g/mol. The molecule has 0 unspecified atom stereocenters. The number of rotatable bonds is 3. The first-order chi connectivity index (χ1) is 8.22. The Morgan fingerprint density at radius 3 is 2.59 bits per heavy atom. The molecule has 0 bridgehead atoms. The topological polar surface area (TPSA) is 12.0 Å². The van der Waals surface area contributed by atoms with Crippen molar-refractivity contribution in [3.05, 3.63) is 59.4 Å². The summed E-state index contributed by atoms with van der Waals surface area (Å²) in [5, 5.41) is 3.13. The summed E-state index contributed by atoms with van der Waals surface area (Å²) >= 11 is 0. The average Bonchev–Trinajstić information content (AvgIpc) is 2.34. The molecule has 2 rings (SSSR count). The first-order valence-corrected chi connectivity index (χ1v) is 5.71. The molecule has 2 aromatic rings. The van der Waals surface area contributed by atoms with Gasteiger partial charge in [0.25, 0.3) is 0 Å². The summed E-state index contributed by atoms with van der Waals surface area (Å²) in [7, 11) is 1.91. The van der Waals surface area contributed by atoms with Gasteiger partial charge < -0.3 is 5.32 Å². The fourth-order valence-corrected chi connectivity index (χ4v) is 1.91. The van der Waals surface area contributed by atoms with Crippen molar-refractivity contribution in [1.29, 1.82) is 0 Å². The molecule has 0 spiro atoms. The Bertz CT molecular complexity index is 520. The molecule has 0 amide bonds. The fraction of sp³-hybridized carbons (Fsp3) is 0.200. The van der Waals surface area contributed by atoms with Crippen LogP contribution >= 0.6 is 0 Å². The SMILES string of the molecule is CNCc1ccccc1-c1ccc(C)c(F)c1. The first-order valence-electron chi connectivity index (χ1n) is 5.71. The standard InChI is InChI=1S/C15H16FN/c1-11-7-8-12(9-15(11)16)14-6-4-3-5-13(14)10-17-2/h3-9,17H,10H2,1-2H3. The number of halogens is 1. The second-order valence-electron chi connectivity index (χ2n) is 4.15. The summed E-state index contributed by atoms with van der Waals surface area (Å²) in [6, 6.07) is 13.4. The van der Waals surface area contributed by atoms with Gasteiger partial charge in [-0.05, 0) is 42.3 Å². The second kappa shape index (κ2) is 5.11. The van der Waals surface area contributed by atoms with Crippen molar-refractivity contribution in [3.8, 4) is 11.1 Å². The van der Waals surface area contributed by atoms with Gasteiger partial charge in [0, 0.05) is 6.54 Å². The highest BCUT2D eigenvalue weighted by Gasteiger charge is 2.05. The molecule has 1 N–H and O–H groups in total. The molecule has 88 valence electrons. The molecule has 0 aromatic heterocycles. The van der Waals surface area contributed by atoms with Gasteiger partial charge in [-0.3, -0.25) is 0 Å². The maximum Gasteiger partial charge on any atom is 0.126 e. The van der Waals surface area contributed by atoms with Gasteiger partial charge in [0.05, 0.1) is 0 Å². The maximum absolute atomic E-state index is 13.6. The molecular formula is C15H16FN. The first kappa shape index (κ1) is 11.8. The Hall–Kier alpha value is -1.67. The van der Waals surface area contributed by atoms with Crippen LogP contribution in [0.4, 0.5) is 4.39 Å². The third-order valence-corrected chi connectivity index (χ3v) is 2.87. The van der Waals surface area contributed by atoms with Crippen LogP contribution in [0.3, 0.4) is 0 Å². The summed E-state index contributed by atoms with van der Waals surface area (Å²) in [6.07, 6.45) is 0. The summed E-state index contributed by atoms with van der Waals surface area (Å²) in [6.45, 7) is 2.56. The van der Waals surface area contributed by atoms with E-state index in [1.807, 2.05) is 37.4 Å². The minimum absolute atomic E-state index is 0.151. The molecule has 0 atom stereocenters. The maximum atomic E-state index is 13.6. The van der Waals surface area contributed by atoms with Crippen LogP contribution in [-0.2, 0) is 6.54 Å². The molecule has 0 aliphatic rings. The van der Waals surface area contributed by atoms with Crippen molar-refractivity contribution in [2.75, 3.05) is 7.05 Å². The lowest BCUT2D eigenvalue weighted by Gasteiger charge is -2.10. The van der Waals surface area contributed by atoms with Gasteiger partial charge >= 0.3 is 0 Å². The van der Waals surface area contributed by atoms with Crippen molar-refractivity contribution in [1.82, 2.24) is 5.32 Å². The van der Waals surface area contributed by atoms with Crippen molar-refractivity contribution >= 4 is 0 Å². The summed E-state index contributed by atoms with van der Waals surface area (Å²) in [5.74, 6) is -0.151. The van der Waals surface area contributed by atoms with Crippen LogP contribution in [0.25, 0.3) is 11.1 Å². The lowest BCUT2D eigenvalue weighted by Crippen LogP contribution is -2.06. The number of nitrogens with one attached hydrogen (secondary N) is 1. The Morgan fingerprint density at radius 2 is 1.88 bits per heavy atom. The highest BCUT2D eigenvalue weighted by Crippen LogP contribution is 2.25. The Morgan fingerprint density at radius 1 is 1.12 bits per heavy atom. The van der Waals surface area contributed by atoms with Gasteiger partial charge in [-0.1, -0.05) is 36.4 Å². The van der Waals surface area contributed by atoms with E-state index in [-0.39, 0.29) is 5.82 Å². The fourth-order valence-electron chi connectivity index (χ4n) is 1.91. The third kappa shape index (κ3) is 2.53. The highest BCUT2D eigenvalue weighted by atomic mass is 19.1. The smallest absolute Gasteiger partial charge is 0.126 e. The monoisotopic (exact) mass is 229 g/mol. The lowest BCUT2D eigenvalue weighted by molar-refractivity contribution is 0.619. The van der Waals surface area contributed by atoms with Crippen molar-refractivity contribution in [2.45, 2.75) is 13.5 Å². The van der Waals surface area contributed by atoms with E-state index in [1.165, 1.54) is 5.56 Å². The van der Waals surface area contributed by atoms with Crippen LogP contribution in [-0.4, -0.2) is 7.05 Å². The van der Waals surface area contributed by atoms with E-state index >= 15 is 0 Å². The summed E-state index contributed by atoms with van der Waals surface area (Å²) in [4.78, 5) is 0. The zero-order valence-corrected chi connectivity index (χ0v) is 10.1. The largest absolute Gasteiger partial charge is 0.316 e. The molecule has 0 fully saturated rings. The summed E-state index contributed by atoms with van der Waals surface area (Å²) in [5.41, 5.74) is 3.87. The molecule has 0 radical (unpaired) electrons. The van der Waals surface area contributed by atoms with Crippen molar-refractivity contribution in [3.63, 3.8) is 0 Å². The van der Waals surface area contributed by atoms with E-state index in [0.717, 1.165) is 17.7 Å². The molecule has 2 aromatic carbocycles. The van der Waals surface area contributed by atoms with Crippen LogP contribution in [0, 0.1) is 12.7 Å². The highest BCUT2D eigenvalue weighted by molar-refractivity contribution is 5.67. The zero-order valence-electron chi connectivity index (χ0n) is 10.1. The van der Waals surface area contributed by atoms with Gasteiger partial charge in [-0.2, -0.15) is 0 Å². The quantitative estimate of drug-likeness (QED) is 0.849. The van der Waals surface area contributed by atoms with Gasteiger partial charge in [0.1, 0.15) is 5.82 Å². The third-order valence-electron chi connectivity index (χ3n) is 2.87. The van der Waals surface area contributed by atoms with E-state index in [0.29, 0.717) is 5.56 Å². The van der Waals surface area contributed by atoms with Crippen molar-refractivity contribution < 1.29 is 4.39 Å². The van der Waals surface area contributed by atoms with Gasteiger partial charge in [0.2, 0.25) is 0 Å². The van der Waals surface area contributed by atoms with E-state index in [2.05, 4.69) is 11.4 Å². The number of aryl methyl sites for hydroxylation is 1. The molecule has 0 heterocycles. The molecule has 0 saturated heterocycles. The molecular weight excluding hydrogens is 213 g/mol. The zero-order chi connectivity index (χ0) is 12.3. The predicted octanol–water partition coefficient (Wildman–Crippen LogP) is 3.52. The molecule has 1 nitrogen and oxygen atoms in total. The van der Waals surface area contributed by atoms with Crippen LogP contribution in [0.2, 0.25) is 0 Å². The van der Waals surface area contributed by atoms with Crippen LogP contribution < -0.4 is 5.32 Å². The molecule has 0 aliphatic heterocycles. The summed E-state index contributed by atoms with van der Waals surface area (Å²) < 4.78 is 13.6.